The lowest BCUT2D eigenvalue weighted by Gasteiger charge is -2.31. The van der Waals surface area contributed by atoms with Crippen molar-refractivity contribution in [3.63, 3.8) is 0 Å². The Labute approximate surface area is 153 Å². The molecule has 0 saturated carbocycles. The number of rotatable bonds is 4. The fourth-order valence-corrected chi connectivity index (χ4v) is 4.42. The van der Waals surface area contributed by atoms with Gasteiger partial charge in [0, 0.05) is 16.5 Å². The van der Waals surface area contributed by atoms with Gasteiger partial charge in [-0.1, -0.05) is 23.8 Å². The Balaban J connectivity index is 2.09. The normalized spacial score (nSPS) is 22.2. The van der Waals surface area contributed by atoms with Crippen LogP contribution in [-0.4, -0.2) is 23.7 Å². The number of esters is 1. The number of nitrogens with one attached hydrogen (secondary N) is 1. The summed E-state index contributed by atoms with van der Waals surface area (Å²) in [5, 5.41) is 2.65. The minimum Gasteiger partial charge on any atom is -0.468 e. The number of carbonyl (C=O) groups excluding carboxylic acids is 2. The van der Waals surface area contributed by atoms with E-state index >= 15 is 0 Å². The van der Waals surface area contributed by atoms with Crippen molar-refractivity contribution in [2.45, 2.75) is 29.0 Å². The molecule has 2 aromatic carbocycles. The first-order valence-electron chi connectivity index (χ1n) is 7.94. The third kappa shape index (κ3) is 3.31. The van der Waals surface area contributed by atoms with Crippen molar-refractivity contribution in [3.05, 3.63) is 65.2 Å². The Morgan fingerprint density at radius 2 is 1.92 bits per heavy atom. The van der Waals surface area contributed by atoms with Crippen LogP contribution < -0.4 is 5.32 Å². The third-order valence-corrected chi connectivity index (χ3v) is 5.74. The minimum atomic E-state index is -1.39. The van der Waals surface area contributed by atoms with Gasteiger partial charge < -0.3 is 10.1 Å². The minimum absolute atomic E-state index is 0.0438. The van der Waals surface area contributed by atoms with Crippen LogP contribution in [0.4, 0.5) is 8.78 Å². The molecule has 0 aliphatic carbocycles. The molecule has 1 saturated heterocycles. The Morgan fingerprint density at radius 1 is 1.23 bits per heavy atom. The lowest BCUT2D eigenvalue weighted by Crippen LogP contribution is -2.41. The summed E-state index contributed by atoms with van der Waals surface area (Å²) in [4.78, 5) is 25.6. The second-order valence-corrected chi connectivity index (χ2v) is 7.54. The Hall–Kier alpha value is -2.41. The summed E-state index contributed by atoms with van der Waals surface area (Å²) in [7, 11) is 1.22. The smallest absolute Gasteiger partial charge is 0.325 e. The number of thioether (sulfide) groups is 1. The zero-order valence-electron chi connectivity index (χ0n) is 14.2. The first-order valence-corrected chi connectivity index (χ1v) is 8.76. The van der Waals surface area contributed by atoms with Crippen LogP contribution in [-0.2, 0) is 14.3 Å². The first-order chi connectivity index (χ1) is 12.4. The molecule has 1 N–H and O–H groups in total. The van der Waals surface area contributed by atoms with E-state index in [-0.39, 0.29) is 12.0 Å². The maximum absolute atomic E-state index is 14.4. The monoisotopic (exact) mass is 377 g/mol. The Morgan fingerprint density at radius 3 is 2.54 bits per heavy atom. The van der Waals surface area contributed by atoms with Crippen LogP contribution >= 0.6 is 11.8 Å². The second kappa shape index (κ2) is 7.07. The van der Waals surface area contributed by atoms with E-state index in [9.17, 15) is 18.4 Å². The summed E-state index contributed by atoms with van der Waals surface area (Å²) in [6.07, 6.45) is -0.167. The van der Waals surface area contributed by atoms with Gasteiger partial charge in [-0.25, -0.2) is 8.78 Å². The van der Waals surface area contributed by atoms with E-state index in [2.05, 4.69) is 5.32 Å². The Kier molecular flexibility index (Phi) is 5.00. The van der Waals surface area contributed by atoms with Gasteiger partial charge in [0.2, 0.25) is 5.91 Å². The summed E-state index contributed by atoms with van der Waals surface area (Å²) in [6, 6.07) is 9.51. The molecule has 7 heteroatoms. The summed E-state index contributed by atoms with van der Waals surface area (Å²) in [5.41, 5.74) is 1.09. The lowest BCUT2D eigenvalue weighted by molar-refractivity contribution is -0.144. The molecule has 0 spiro atoms. The molecule has 3 rings (SSSR count). The second-order valence-electron chi connectivity index (χ2n) is 6.14. The third-order valence-electron chi connectivity index (χ3n) is 4.32. The molecule has 4 nitrogen and oxygen atoms in total. The van der Waals surface area contributed by atoms with Crippen molar-refractivity contribution in [1.29, 1.82) is 0 Å². The summed E-state index contributed by atoms with van der Waals surface area (Å²) < 4.78 is 31.2. The van der Waals surface area contributed by atoms with Crippen molar-refractivity contribution < 1.29 is 23.1 Å². The summed E-state index contributed by atoms with van der Waals surface area (Å²) in [5.74, 6) is -2.60. The molecule has 1 aliphatic heterocycles. The molecule has 136 valence electrons. The predicted octanol–water partition coefficient (Wildman–Crippen LogP) is 3.54. The highest BCUT2D eigenvalue weighted by Gasteiger charge is 2.56. The molecule has 1 amide bonds. The van der Waals surface area contributed by atoms with E-state index < -0.39 is 34.3 Å². The molecular weight excluding hydrogens is 360 g/mol. The van der Waals surface area contributed by atoms with Gasteiger partial charge in [0.15, 0.2) is 4.75 Å². The van der Waals surface area contributed by atoms with Crippen LogP contribution in [0.1, 0.15) is 23.6 Å². The van der Waals surface area contributed by atoms with Gasteiger partial charge in [0.05, 0.1) is 19.6 Å². The van der Waals surface area contributed by atoms with Crippen LogP contribution in [0, 0.1) is 18.6 Å². The van der Waals surface area contributed by atoms with Gasteiger partial charge in [-0.2, -0.15) is 0 Å². The van der Waals surface area contributed by atoms with Crippen LogP contribution in [0.3, 0.4) is 0 Å². The molecule has 0 bridgehead atoms. The largest absolute Gasteiger partial charge is 0.468 e. The van der Waals surface area contributed by atoms with Crippen molar-refractivity contribution in [3.8, 4) is 0 Å². The molecule has 2 atom stereocenters. The highest BCUT2D eigenvalue weighted by molar-refractivity contribution is 8.01. The van der Waals surface area contributed by atoms with Crippen molar-refractivity contribution >= 4 is 23.6 Å². The van der Waals surface area contributed by atoms with E-state index in [1.165, 1.54) is 13.2 Å². The average molecular weight is 377 g/mol. The van der Waals surface area contributed by atoms with Gasteiger partial charge in [-0.15, -0.1) is 11.8 Å². The zero-order valence-corrected chi connectivity index (χ0v) is 15.0. The summed E-state index contributed by atoms with van der Waals surface area (Å²) >= 11 is 1.14. The van der Waals surface area contributed by atoms with E-state index in [1.807, 2.05) is 31.2 Å². The van der Waals surface area contributed by atoms with E-state index in [0.29, 0.717) is 0 Å². The molecule has 1 fully saturated rings. The number of halogens is 2. The van der Waals surface area contributed by atoms with Crippen molar-refractivity contribution in [2.75, 3.05) is 7.11 Å². The topological polar surface area (TPSA) is 55.4 Å². The van der Waals surface area contributed by atoms with E-state index in [0.717, 1.165) is 34.4 Å². The van der Waals surface area contributed by atoms with Gasteiger partial charge in [0.25, 0.3) is 0 Å². The maximum Gasteiger partial charge on any atom is 0.325 e. The molecule has 1 heterocycles. The average Bonchev–Trinajstić information content (AvgIpc) is 2.93. The van der Waals surface area contributed by atoms with Gasteiger partial charge in [-0.05, 0) is 25.1 Å². The number of carbonyl (C=O) groups is 2. The SMILES string of the molecule is COC(=O)[C@@]1(Sc2ccc(C)cc2)CC(=O)N[C@@H]1c1ccc(F)cc1F. The number of aryl methyl sites for hydroxylation is 1. The number of hydrogen-bond acceptors (Lipinski definition) is 4. The number of hydrogen-bond donors (Lipinski definition) is 1. The fraction of sp³-hybridized carbons (Fsp3) is 0.263. The van der Waals surface area contributed by atoms with Crippen LogP contribution in [0.15, 0.2) is 47.4 Å². The highest BCUT2D eigenvalue weighted by Crippen LogP contribution is 2.49. The molecule has 1 aliphatic rings. The Bertz CT molecular complexity index is 856. The first kappa shape index (κ1) is 18.4. The fourth-order valence-electron chi connectivity index (χ4n) is 3.05. The van der Waals surface area contributed by atoms with E-state index in [1.54, 1.807) is 0 Å². The molecular formula is C19H17F2NO3S. The highest BCUT2D eigenvalue weighted by atomic mass is 32.2. The lowest BCUT2D eigenvalue weighted by atomic mass is 9.92. The molecule has 26 heavy (non-hydrogen) atoms. The molecule has 0 aromatic heterocycles. The van der Waals surface area contributed by atoms with Crippen molar-refractivity contribution in [2.24, 2.45) is 0 Å². The van der Waals surface area contributed by atoms with Gasteiger partial charge in [-0.3, -0.25) is 9.59 Å². The molecule has 0 unspecified atom stereocenters. The van der Waals surface area contributed by atoms with Crippen LogP contribution in [0.25, 0.3) is 0 Å². The number of ether oxygens (including phenoxy) is 1. The number of benzene rings is 2. The molecule has 2 aromatic rings. The van der Waals surface area contributed by atoms with Crippen LogP contribution in [0.5, 0.6) is 0 Å². The van der Waals surface area contributed by atoms with Crippen molar-refractivity contribution in [1.82, 2.24) is 5.32 Å². The quantitative estimate of drug-likeness (QED) is 0.828. The van der Waals surface area contributed by atoms with E-state index in [4.69, 9.17) is 4.74 Å². The number of amides is 1. The van der Waals surface area contributed by atoms with Gasteiger partial charge >= 0.3 is 5.97 Å². The zero-order chi connectivity index (χ0) is 18.9. The predicted molar refractivity (Wildman–Crippen MR) is 93.6 cm³/mol. The van der Waals surface area contributed by atoms with Gasteiger partial charge in [0.1, 0.15) is 11.6 Å². The number of methoxy groups -OCH3 is 1. The standard InChI is InChI=1S/C19H17F2NO3S/c1-11-3-6-13(7-4-11)26-19(18(24)25-2)10-16(23)22-17(19)14-8-5-12(20)9-15(14)21/h3-9,17H,10H2,1-2H3,(H,22,23)/t17-,19-/m1/s1. The maximum atomic E-state index is 14.4. The molecule has 0 radical (unpaired) electrons. The summed E-state index contributed by atoms with van der Waals surface area (Å²) in [6.45, 7) is 1.93. The van der Waals surface area contributed by atoms with Crippen LogP contribution in [0.2, 0.25) is 0 Å².